The Balaban J connectivity index is 2.30. The molecule has 3 nitrogen and oxygen atoms in total. The quantitative estimate of drug-likeness (QED) is 0.735. The van der Waals surface area contributed by atoms with Gasteiger partial charge in [-0.3, -0.25) is 4.79 Å². The zero-order valence-electron chi connectivity index (χ0n) is 10.3. The van der Waals surface area contributed by atoms with Crippen LogP contribution in [0.3, 0.4) is 0 Å². The maximum atomic E-state index is 12.2. The molecule has 1 heterocycles. The molecule has 0 aliphatic rings. The van der Waals surface area contributed by atoms with Gasteiger partial charge in [-0.05, 0) is 28.6 Å². The number of nitrogens with one attached hydrogen (secondary N) is 1. The molecule has 0 bridgehead atoms. The second-order valence-electron chi connectivity index (χ2n) is 4.41. The number of aliphatic hydroxyl groups excluding tert-OH is 1. The van der Waals surface area contributed by atoms with Gasteiger partial charge in [0.05, 0.1) is 6.61 Å². The lowest BCUT2D eigenvalue weighted by Gasteiger charge is -2.07. The zero-order chi connectivity index (χ0) is 13.2. The van der Waals surface area contributed by atoms with E-state index in [1.54, 1.807) is 0 Å². The first-order chi connectivity index (χ1) is 9.29. The summed E-state index contributed by atoms with van der Waals surface area (Å²) in [6, 6.07) is 16.9. The van der Waals surface area contributed by atoms with E-state index in [0.29, 0.717) is 5.56 Å². The standard InChI is InChI=1S/C16H13NO2/c18-10-12-6-1-3-7-13(12)14-9-11-5-2-4-8-15(11)17-16(14)19/h1-9,18H,10H2,(H,17,19). The number of fused-ring (bicyclic) bond motifs is 1. The van der Waals surface area contributed by atoms with Gasteiger partial charge < -0.3 is 10.1 Å². The Bertz CT molecular complexity index is 790. The number of aromatic nitrogens is 1. The van der Waals surface area contributed by atoms with Crippen molar-refractivity contribution < 1.29 is 5.11 Å². The van der Waals surface area contributed by atoms with Crippen LogP contribution in [0.2, 0.25) is 0 Å². The minimum atomic E-state index is -0.139. The van der Waals surface area contributed by atoms with Gasteiger partial charge in [-0.25, -0.2) is 0 Å². The van der Waals surface area contributed by atoms with Crippen LogP contribution in [0.5, 0.6) is 0 Å². The fourth-order valence-corrected chi connectivity index (χ4v) is 2.27. The number of rotatable bonds is 2. The third kappa shape index (κ3) is 2.04. The first-order valence-electron chi connectivity index (χ1n) is 6.11. The summed E-state index contributed by atoms with van der Waals surface area (Å²) in [5.41, 5.74) is 2.79. The smallest absolute Gasteiger partial charge is 0.256 e. The lowest BCUT2D eigenvalue weighted by molar-refractivity contribution is 0.282. The number of aromatic amines is 1. The Hall–Kier alpha value is -2.39. The van der Waals surface area contributed by atoms with Crippen molar-refractivity contribution in [2.45, 2.75) is 6.61 Å². The number of hydrogen-bond acceptors (Lipinski definition) is 2. The van der Waals surface area contributed by atoms with Crippen molar-refractivity contribution in [3.8, 4) is 11.1 Å². The van der Waals surface area contributed by atoms with Gasteiger partial charge in [-0.2, -0.15) is 0 Å². The van der Waals surface area contributed by atoms with E-state index in [9.17, 15) is 9.90 Å². The van der Waals surface area contributed by atoms with Gasteiger partial charge in [-0.15, -0.1) is 0 Å². The minimum Gasteiger partial charge on any atom is -0.392 e. The number of H-pyrrole nitrogens is 1. The van der Waals surface area contributed by atoms with Crippen LogP contribution < -0.4 is 5.56 Å². The molecule has 19 heavy (non-hydrogen) atoms. The van der Waals surface area contributed by atoms with Crippen LogP contribution in [0.25, 0.3) is 22.0 Å². The molecule has 0 fully saturated rings. The lowest BCUT2D eigenvalue weighted by atomic mass is 10.00. The van der Waals surface area contributed by atoms with Gasteiger partial charge >= 0.3 is 0 Å². The maximum absolute atomic E-state index is 12.2. The Kier molecular flexibility index (Phi) is 2.89. The summed E-state index contributed by atoms with van der Waals surface area (Å²) in [6.45, 7) is -0.0809. The predicted molar refractivity (Wildman–Crippen MR) is 75.9 cm³/mol. The van der Waals surface area contributed by atoms with Gasteiger partial charge in [0, 0.05) is 11.1 Å². The second kappa shape index (κ2) is 4.71. The van der Waals surface area contributed by atoms with E-state index < -0.39 is 0 Å². The van der Waals surface area contributed by atoms with E-state index in [1.165, 1.54) is 0 Å². The molecule has 3 aromatic rings. The van der Waals surface area contributed by atoms with Gasteiger partial charge in [0.1, 0.15) is 0 Å². The van der Waals surface area contributed by atoms with Crippen LogP contribution in [0, 0.1) is 0 Å². The normalized spacial score (nSPS) is 10.8. The molecular weight excluding hydrogens is 238 g/mol. The van der Waals surface area contributed by atoms with E-state index >= 15 is 0 Å². The molecule has 0 radical (unpaired) electrons. The minimum absolute atomic E-state index is 0.0809. The van der Waals surface area contributed by atoms with Crippen LogP contribution in [0.4, 0.5) is 0 Å². The molecule has 0 saturated heterocycles. The molecule has 0 aliphatic heterocycles. The van der Waals surface area contributed by atoms with E-state index in [2.05, 4.69) is 4.98 Å². The van der Waals surface area contributed by atoms with Gasteiger partial charge in [0.15, 0.2) is 0 Å². The molecule has 0 amide bonds. The van der Waals surface area contributed by atoms with Crippen LogP contribution in [-0.2, 0) is 6.61 Å². The first kappa shape index (κ1) is 11.7. The van der Waals surface area contributed by atoms with E-state index in [0.717, 1.165) is 22.0 Å². The molecule has 0 atom stereocenters. The predicted octanol–water partition coefficient (Wildman–Crippen LogP) is 2.69. The average Bonchev–Trinajstić information content (AvgIpc) is 2.46. The van der Waals surface area contributed by atoms with Gasteiger partial charge in [0.25, 0.3) is 5.56 Å². The highest BCUT2D eigenvalue weighted by Gasteiger charge is 2.08. The van der Waals surface area contributed by atoms with Crippen LogP contribution in [0.1, 0.15) is 5.56 Å². The molecule has 2 N–H and O–H groups in total. The van der Waals surface area contributed by atoms with Crippen molar-refractivity contribution in [2.75, 3.05) is 0 Å². The number of pyridine rings is 1. The SMILES string of the molecule is O=c1[nH]c2ccccc2cc1-c1ccccc1CO. The average molecular weight is 251 g/mol. The van der Waals surface area contributed by atoms with Crippen molar-refractivity contribution in [3.05, 3.63) is 70.5 Å². The fraction of sp³-hybridized carbons (Fsp3) is 0.0625. The van der Waals surface area contributed by atoms with E-state index in [1.807, 2.05) is 54.6 Å². The molecule has 0 spiro atoms. The summed E-state index contributed by atoms with van der Waals surface area (Å²) in [5, 5.41) is 10.3. The molecule has 0 aliphatic carbocycles. The van der Waals surface area contributed by atoms with Crippen molar-refractivity contribution in [2.24, 2.45) is 0 Å². The molecule has 94 valence electrons. The highest BCUT2D eigenvalue weighted by Crippen LogP contribution is 2.23. The summed E-state index contributed by atoms with van der Waals surface area (Å²) in [7, 11) is 0. The third-order valence-electron chi connectivity index (χ3n) is 3.23. The Morgan fingerprint density at radius 2 is 1.68 bits per heavy atom. The number of hydrogen-bond donors (Lipinski definition) is 2. The Labute approximate surface area is 110 Å². The van der Waals surface area contributed by atoms with Gasteiger partial charge in [0.2, 0.25) is 0 Å². The summed E-state index contributed by atoms with van der Waals surface area (Å²) >= 11 is 0. The monoisotopic (exact) mass is 251 g/mol. The molecule has 0 unspecified atom stereocenters. The maximum Gasteiger partial charge on any atom is 0.256 e. The highest BCUT2D eigenvalue weighted by atomic mass is 16.3. The van der Waals surface area contributed by atoms with Crippen LogP contribution in [-0.4, -0.2) is 10.1 Å². The van der Waals surface area contributed by atoms with Crippen LogP contribution in [0.15, 0.2) is 59.4 Å². The van der Waals surface area contributed by atoms with Crippen molar-refractivity contribution in [3.63, 3.8) is 0 Å². The first-order valence-corrected chi connectivity index (χ1v) is 6.11. The topological polar surface area (TPSA) is 53.1 Å². The fourth-order valence-electron chi connectivity index (χ4n) is 2.27. The Morgan fingerprint density at radius 3 is 2.53 bits per heavy atom. The van der Waals surface area contributed by atoms with Crippen molar-refractivity contribution >= 4 is 10.9 Å². The molecule has 1 aromatic heterocycles. The summed E-state index contributed by atoms with van der Waals surface area (Å²) in [4.78, 5) is 15.0. The number of aliphatic hydroxyl groups is 1. The van der Waals surface area contributed by atoms with Crippen LogP contribution >= 0.6 is 0 Å². The zero-order valence-corrected chi connectivity index (χ0v) is 10.3. The largest absolute Gasteiger partial charge is 0.392 e. The highest BCUT2D eigenvalue weighted by molar-refractivity contribution is 5.83. The molecule has 2 aromatic carbocycles. The van der Waals surface area contributed by atoms with Crippen molar-refractivity contribution in [1.82, 2.24) is 4.98 Å². The molecular formula is C16H13NO2. The summed E-state index contributed by atoms with van der Waals surface area (Å²) in [6.07, 6.45) is 0. The molecule has 0 saturated carbocycles. The Morgan fingerprint density at radius 1 is 0.947 bits per heavy atom. The second-order valence-corrected chi connectivity index (χ2v) is 4.41. The molecule has 3 heteroatoms. The summed E-state index contributed by atoms with van der Waals surface area (Å²) < 4.78 is 0. The third-order valence-corrected chi connectivity index (χ3v) is 3.23. The van der Waals surface area contributed by atoms with E-state index in [4.69, 9.17) is 0 Å². The number of para-hydroxylation sites is 1. The summed E-state index contributed by atoms with van der Waals surface area (Å²) in [5.74, 6) is 0. The lowest BCUT2D eigenvalue weighted by Crippen LogP contribution is -2.09. The van der Waals surface area contributed by atoms with E-state index in [-0.39, 0.29) is 12.2 Å². The van der Waals surface area contributed by atoms with Gasteiger partial charge in [-0.1, -0.05) is 42.5 Å². The van der Waals surface area contributed by atoms with Crippen molar-refractivity contribution in [1.29, 1.82) is 0 Å². The molecule has 3 rings (SSSR count). The number of benzene rings is 2.